The summed E-state index contributed by atoms with van der Waals surface area (Å²) in [6, 6.07) is 13.6. The maximum absolute atomic E-state index is 15.7. The average Bonchev–Trinajstić information content (AvgIpc) is 3.80. The van der Waals surface area contributed by atoms with Crippen molar-refractivity contribution in [1.29, 1.82) is 0 Å². The van der Waals surface area contributed by atoms with E-state index in [-0.39, 0.29) is 24.4 Å². The van der Waals surface area contributed by atoms with Crippen molar-refractivity contribution in [3.8, 4) is 11.1 Å². The molecule has 0 amide bonds. The summed E-state index contributed by atoms with van der Waals surface area (Å²) in [6.07, 6.45) is 3.92. The third-order valence-electron chi connectivity index (χ3n) is 6.76. The molecular formula is C29H32F2N6O2S. The van der Waals surface area contributed by atoms with Crippen LogP contribution in [0.4, 0.5) is 20.4 Å². The standard InChI is InChI=1S/C29H32F2N6O2S/c1-3-36(2)40-35-24-12-11-23(30)25(26(24)31)22-15-21-17-33-29(32-16-19-9-10-19)34-27(21)37(28(22)38)13-14-39-18-20-7-5-4-6-8-20/h4-8,11-12,15,17,19,35H,3,9-10,13-14,16,18H2,1-2H3,(H,32,33,34). The molecule has 0 spiro atoms. The van der Waals surface area contributed by atoms with E-state index in [2.05, 4.69) is 20.0 Å². The molecule has 0 saturated heterocycles. The first kappa shape index (κ1) is 28.0. The fourth-order valence-electron chi connectivity index (χ4n) is 4.18. The lowest BCUT2D eigenvalue weighted by Gasteiger charge is -2.17. The first-order valence-electron chi connectivity index (χ1n) is 13.3. The SMILES string of the molecule is CCN(C)SNc1ccc(F)c(-c2cc3cnc(NCC4CC4)nc3n(CCOCc3ccccc3)c2=O)c1F. The van der Waals surface area contributed by atoms with E-state index in [0.717, 1.165) is 18.2 Å². The third kappa shape index (κ3) is 6.60. The topological polar surface area (TPSA) is 84.3 Å². The van der Waals surface area contributed by atoms with Gasteiger partial charge in [0.2, 0.25) is 5.95 Å². The second-order valence-electron chi connectivity index (χ2n) is 9.77. The van der Waals surface area contributed by atoms with Crippen molar-refractivity contribution in [1.82, 2.24) is 18.8 Å². The molecule has 11 heteroatoms. The van der Waals surface area contributed by atoms with Gasteiger partial charge < -0.3 is 14.8 Å². The van der Waals surface area contributed by atoms with Crippen LogP contribution in [-0.4, -0.2) is 45.6 Å². The first-order valence-corrected chi connectivity index (χ1v) is 14.1. The summed E-state index contributed by atoms with van der Waals surface area (Å²) in [4.78, 5) is 22.8. The Kier molecular flexibility index (Phi) is 8.93. The van der Waals surface area contributed by atoms with Gasteiger partial charge in [-0.1, -0.05) is 37.3 Å². The van der Waals surface area contributed by atoms with Crippen molar-refractivity contribution < 1.29 is 13.5 Å². The van der Waals surface area contributed by atoms with Gasteiger partial charge in [0.1, 0.15) is 11.5 Å². The Morgan fingerprint density at radius 1 is 1.18 bits per heavy atom. The Hall–Kier alpha value is -3.54. The number of fused-ring (bicyclic) bond motifs is 1. The minimum Gasteiger partial charge on any atom is -0.375 e. The Bertz CT molecular complexity index is 1530. The van der Waals surface area contributed by atoms with Crippen molar-refractivity contribution >= 4 is 34.8 Å². The van der Waals surface area contributed by atoms with Gasteiger partial charge in [-0.15, -0.1) is 0 Å². The second kappa shape index (κ2) is 12.8. The van der Waals surface area contributed by atoms with Crippen LogP contribution in [0.1, 0.15) is 25.3 Å². The molecule has 1 fully saturated rings. The lowest BCUT2D eigenvalue weighted by molar-refractivity contribution is 0.113. The summed E-state index contributed by atoms with van der Waals surface area (Å²) in [5, 5.41) is 3.72. The molecule has 2 heterocycles. The Morgan fingerprint density at radius 3 is 2.73 bits per heavy atom. The van der Waals surface area contributed by atoms with Gasteiger partial charge >= 0.3 is 0 Å². The third-order valence-corrected chi connectivity index (χ3v) is 7.64. The van der Waals surface area contributed by atoms with Crippen molar-refractivity contribution in [2.24, 2.45) is 5.92 Å². The van der Waals surface area contributed by atoms with Crippen LogP contribution in [0.2, 0.25) is 0 Å². The van der Waals surface area contributed by atoms with Crippen molar-refractivity contribution in [3.63, 3.8) is 0 Å². The van der Waals surface area contributed by atoms with Crippen LogP contribution in [0, 0.1) is 17.6 Å². The number of aromatic nitrogens is 3. The van der Waals surface area contributed by atoms with E-state index in [4.69, 9.17) is 4.74 Å². The maximum Gasteiger partial charge on any atom is 0.260 e. The van der Waals surface area contributed by atoms with E-state index in [9.17, 15) is 4.79 Å². The van der Waals surface area contributed by atoms with Crippen LogP contribution < -0.4 is 15.6 Å². The molecule has 40 heavy (non-hydrogen) atoms. The summed E-state index contributed by atoms with van der Waals surface area (Å²) < 4.78 is 42.8. The fourth-order valence-corrected chi connectivity index (χ4v) is 4.72. The molecule has 0 unspecified atom stereocenters. The lowest BCUT2D eigenvalue weighted by Crippen LogP contribution is -2.26. The molecule has 0 bridgehead atoms. The Labute approximate surface area is 236 Å². The molecule has 0 aliphatic heterocycles. The van der Waals surface area contributed by atoms with E-state index in [1.807, 2.05) is 48.6 Å². The normalized spacial score (nSPS) is 13.2. The van der Waals surface area contributed by atoms with Gasteiger partial charge in [0.15, 0.2) is 5.82 Å². The lowest BCUT2D eigenvalue weighted by atomic mass is 10.0. The maximum atomic E-state index is 15.7. The monoisotopic (exact) mass is 566 g/mol. The van der Waals surface area contributed by atoms with Crippen LogP contribution in [0.25, 0.3) is 22.2 Å². The summed E-state index contributed by atoms with van der Waals surface area (Å²) in [5.74, 6) is -0.656. The molecule has 2 aromatic heterocycles. The number of nitrogens with zero attached hydrogens (tertiary/aromatic N) is 4. The van der Waals surface area contributed by atoms with Crippen LogP contribution in [0.3, 0.4) is 0 Å². The predicted octanol–water partition coefficient (Wildman–Crippen LogP) is 5.70. The van der Waals surface area contributed by atoms with Crippen LogP contribution >= 0.6 is 12.1 Å². The van der Waals surface area contributed by atoms with E-state index in [1.165, 1.54) is 41.7 Å². The highest BCUT2D eigenvalue weighted by Crippen LogP contribution is 2.32. The minimum atomic E-state index is -0.844. The highest BCUT2D eigenvalue weighted by atomic mass is 32.2. The van der Waals surface area contributed by atoms with E-state index < -0.39 is 22.8 Å². The van der Waals surface area contributed by atoms with E-state index >= 15 is 8.78 Å². The number of halogens is 2. The molecule has 1 saturated carbocycles. The van der Waals surface area contributed by atoms with Crippen molar-refractivity contribution in [2.45, 2.75) is 32.9 Å². The van der Waals surface area contributed by atoms with Gasteiger partial charge in [0, 0.05) is 36.8 Å². The number of pyridine rings is 1. The zero-order valence-electron chi connectivity index (χ0n) is 22.5. The smallest absolute Gasteiger partial charge is 0.260 e. The van der Waals surface area contributed by atoms with Crippen LogP contribution in [0.5, 0.6) is 0 Å². The number of hydrogen-bond acceptors (Lipinski definition) is 8. The first-order chi connectivity index (χ1) is 19.4. The molecule has 5 rings (SSSR count). The van der Waals surface area contributed by atoms with E-state index in [1.54, 1.807) is 6.20 Å². The van der Waals surface area contributed by atoms with Gasteiger partial charge in [-0.3, -0.25) is 9.36 Å². The quantitative estimate of drug-likeness (QED) is 0.158. The van der Waals surface area contributed by atoms with Crippen molar-refractivity contribution in [2.75, 3.05) is 36.8 Å². The van der Waals surface area contributed by atoms with Gasteiger partial charge in [0.05, 0.1) is 36.6 Å². The number of ether oxygens (including phenoxy) is 1. The minimum absolute atomic E-state index is 0.0785. The Morgan fingerprint density at radius 2 is 1.98 bits per heavy atom. The van der Waals surface area contributed by atoms with E-state index in [0.29, 0.717) is 36.1 Å². The summed E-state index contributed by atoms with van der Waals surface area (Å²) in [7, 11) is 1.84. The molecule has 4 aromatic rings. The molecule has 1 aliphatic rings. The van der Waals surface area contributed by atoms with Gasteiger partial charge in [-0.05, 0) is 49.6 Å². The molecule has 0 atom stereocenters. The molecule has 8 nitrogen and oxygen atoms in total. The molecule has 1 aliphatic carbocycles. The zero-order chi connectivity index (χ0) is 28.1. The predicted molar refractivity (Wildman–Crippen MR) is 156 cm³/mol. The summed E-state index contributed by atoms with van der Waals surface area (Å²) in [5.41, 5.74) is 0.394. The number of hydrogen-bond donors (Lipinski definition) is 2. The molecular weight excluding hydrogens is 534 g/mol. The van der Waals surface area contributed by atoms with Gasteiger partial charge in [0.25, 0.3) is 5.56 Å². The highest BCUT2D eigenvalue weighted by molar-refractivity contribution is 7.98. The molecule has 0 radical (unpaired) electrons. The van der Waals surface area contributed by atoms with Gasteiger partial charge in [-0.2, -0.15) is 4.98 Å². The summed E-state index contributed by atoms with van der Waals surface area (Å²) in [6.45, 7) is 4.15. The fraction of sp³-hybridized carbons (Fsp3) is 0.345. The highest BCUT2D eigenvalue weighted by Gasteiger charge is 2.23. The number of nitrogens with one attached hydrogen (secondary N) is 2. The summed E-state index contributed by atoms with van der Waals surface area (Å²) >= 11 is 1.18. The Balaban J connectivity index is 1.50. The van der Waals surface area contributed by atoms with Crippen molar-refractivity contribution in [3.05, 3.63) is 82.3 Å². The molecule has 210 valence electrons. The molecule has 2 N–H and O–H groups in total. The number of benzene rings is 2. The largest absolute Gasteiger partial charge is 0.375 e. The van der Waals surface area contributed by atoms with Crippen LogP contribution in [-0.2, 0) is 17.9 Å². The average molecular weight is 567 g/mol. The number of rotatable bonds is 13. The number of anilines is 2. The zero-order valence-corrected chi connectivity index (χ0v) is 23.3. The van der Waals surface area contributed by atoms with Crippen LogP contribution in [0.15, 0.2) is 59.5 Å². The van der Waals surface area contributed by atoms with Gasteiger partial charge in [-0.25, -0.2) is 18.1 Å². The molecule has 2 aromatic carbocycles. The second-order valence-corrected chi connectivity index (χ2v) is 10.8.